The van der Waals surface area contributed by atoms with E-state index in [4.69, 9.17) is 0 Å². The van der Waals surface area contributed by atoms with E-state index in [2.05, 4.69) is 11.6 Å². The second kappa shape index (κ2) is 4.70. The largest absolute Gasteiger partial charge is 0.362 e. The van der Waals surface area contributed by atoms with Gasteiger partial charge in [-0.2, -0.15) is 0 Å². The van der Waals surface area contributed by atoms with Crippen LogP contribution in [0.1, 0.15) is 24.0 Å². The number of rotatable bonds is 4. The molecule has 1 aromatic rings. The van der Waals surface area contributed by atoms with Crippen LogP contribution in [-0.2, 0) is 0 Å². The van der Waals surface area contributed by atoms with E-state index in [1.165, 1.54) is 17.4 Å². The molecule has 0 bridgehead atoms. The van der Waals surface area contributed by atoms with Gasteiger partial charge in [0.25, 0.3) is 0 Å². The molecule has 0 radical (unpaired) electrons. The Morgan fingerprint density at radius 3 is 2.80 bits per heavy atom. The standard InChI is InChI=1S/C11H15NO2S/c1-4-5-11(13,14)8(2)6-10-7-15-9(3)12-10/h4,6-7,13-14H,1,5H2,2-3H3/b8-6+. The Kier molecular flexibility index (Phi) is 3.79. The molecule has 0 fully saturated rings. The summed E-state index contributed by atoms with van der Waals surface area (Å²) in [7, 11) is 0. The molecular formula is C11H15NO2S. The van der Waals surface area contributed by atoms with Gasteiger partial charge < -0.3 is 10.2 Å². The molecule has 0 spiro atoms. The molecule has 0 atom stereocenters. The van der Waals surface area contributed by atoms with E-state index >= 15 is 0 Å². The first-order chi connectivity index (χ1) is 6.95. The molecule has 0 saturated carbocycles. The molecule has 3 nitrogen and oxygen atoms in total. The maximum atomic E-state index is 9.64. The van der Waals surface area contributed by atoms with Crippen LogP contribution in [0.25, 0.3) is 6.08 Å². The highest BCUT2D eigenvalue weighted by Crippen LogP contribution is 2.21. The zero-order valence-electron chi connectivity index (χ0n) is 8.90. The Morgan fingerprint density at radius 2 is 2.33 bits per heavy atom. The van der Waals surface area contributed by atoms with Crippen molar-refractivity contribution >= 4 is 17.4 Å². The van der Waals surface area contributed by atoms with E-state index in [0.717, 1.165) is 10.7 Å². The second-order valence-corrected chi connectivity index (χ2v) is 4.49. The van der Waals surface area contributed by atoms with E-state index in [-0.39, 0.29) is 6.42 Å². The quantitative estimate of drug-likeness (QED) is 0.609. The third-order valence-corrected chi connectivity index (χ3v) is 2.85. The first-order valence-corrected chi connectivity index (χ1v) is 5.50. The van der Waals surface area contributed by atoms with Crippen LogP contribution in [0.2, 0.25) is 0 Å². The maximum absolute atomic E-state index is 9.64. The van der Waals surface area contributed by atoms with Crippen molar-refractivity contribution < 1.29 is 10.2 Å². The Bertz CT molecular complexity index is 380. The Morgan fingerprint density at radius 1 is 1.67 bits per heavy atom. The van der Waals surface area contributed by atoms with Crippen LogP contribution in [0.4, 0.5) is 0 Å². The molecule has 0 aliphatic carbocycles. The summed E-state index contributed by atoms with van der Waals surface area (Å²) >= 11 is 1.53. The van der Waals surface area contributed by atoms with Crippen LogP contribution in [0.3, 0.4) is 0 Å². The lowest BCUT2D eigenvalue weighted by Crippen LogP contribution is -2.28. The maximum Gasteiger partial charge on any atom is 0.189 e. The normalized spacial score (nSPS) is 12.9. The lowest BCUT2D eigenvalue weighted by atomic mass is 10.0. The van der Waals surface area contributed by atoms with Gasteiger partial charge in [-0.25, -0.2) is 4.98 Å². The zero-order chi connectivity index (χ0) is 11.5. The average Bonchev–Trinajstić information content (AvgIpc) is 2.51. The third kappa shape index (κ3) is 3.27. The molecule has 82 valence electrons. The van der Waals surface area contributed by atoms with Crippen LogP contribution in [0, 0.1) is 6.92 Å². The molecule has 0 saturated heterocycles. The molecule has 0 amide bonds. The summed E-state index contributed by atoms with van der Waals surface area (Å²) in [5.41, 5.74) is 1.22. The number of aliphatic hydroxyl groups is 2. The molecule has 0 aromatic carbocycles. The van der Waals surface area contributed by atoms with Gasteiger partial charge in [0.1, 0.15) is 0 Å². The summed E-state index contributed by atoms with van der Waals surface area (Å²) in [4.78, 5) is 4.22. The van der Waals surface area contributed by atoms with Gasteiger partial charge in [0.15, 0.2) is 5.79 Å². The predicted octanol–water partition coefficient (Wildman–Crippen LogP) is 2.11. The Hall–Kier alpha value is -0.970. The van der Waals surface area contributed by atoms with Crippen LogP contribution in [0.5, 0.6) is 0 Å². The SMILES string of the molecule is C=CCC(O)(O)/C(C)=C/c1csc(C)n1. The number of hydrogen-bond acceptors (Lipinski definition) is 4. The minimum absolute atomic E-state index is 0.110. The Balaban J connectivity index is 2.87. The fraction of sp³-hybridized carbons (Fsp3) is 0.364. The molecular weight excluding hydrogens is 210 g/mol. The summed E-state index contributed by atoms with van der Waals surface area (Å²) in [6.07, 6.45) is 3.26. The van der Waals surface area contributed by atoms with E-state index < -0.39 is 5.79 Å². The highest BCUT2D eigenvalue weighted by molar-refractivity contribution is 7.09. The average molecular weight is 225 g/mol. The number of aromatic nitrogens is 1. The van der Waals surface area contributed by atoms with Crippen molar-refractivity contribution in [3.05, 3.63) is 34.3 Å². The number of thiazole rings is 1. The minimum atomic E-state index is -1.82. The Labute approximate surface area is 93.4 Å². The summed E-state index contributed by atoms with van der Waals surface area (Å²) in [5, 5.41) is 22.1. The summed E-state index contributed by atoms with van der Waals surface area (Å²) in [6, 6.07) is 0. The van der Waals surface area contributed by atoms with Crippen LogP contribution >= 0.6 is 11.3 Å². The smallest absolute Gasteiger partial charge is 0.189 e. The van der Waals surface area contributed by atoms with Crippen molar-refractivity contribution in [1.82, 2.24) is 4.98 Å². The number of nitrogens with zero attached hydrogens (tertiary/aromatic N) is 1. The van der Waals surface area contributed by atoms with Gasteiger partial charge in [0.05, 0.1) is 10.7 Å². The molecule has 4 heteroatoms. The van der Waals surface area contributed by atoms with Crippen molar-refractivity contribution in [1.29, 1.82) is 0 Å². The van der Waals surface area contributed by atoms with Gasteiger partial charge in [0.2, 0.25) is 0 Å². The predicted molar refractivity (Wildman–Crippen MR) is 62.5 cm³/mol. The highest BCUT2D eigenvalue weighted by Gasteiger charge is 2.23. The highest BCUT2D eigenvalue weighted by atomic mass is 32.1. The molecule has 1 aromatic heterocycles. The van der Waals surface area contributed by atoms with Crippen molar-refractivity contribution in [2.75, 3.05) is 0 Å². The van der Waals surface area contributed by atoms with Crippen LogP contribution < -0.4 is 0 Å². The topological polar surface area (TPSA) is 53.4 Å². The first kappa shape index (κ1) is 12.1. The first-order valence-electron chi connectivity index (χ1n) is 4.62. The molecule has 0 aliphatic rings. The van der Waals surface area contributed by atoms with Crippen LogP contribution in [0.15, 0.2) is 23.6 Å². The number of aryl methyl sites for hydroxylation is 1. The van der Waals surface area contributed by atoms with E-state index in [9.17, 15) is 10.2 Å². The number of hydrogen-bond donors (Lipinski definition) is 2. The minimum Gasteiger partial charge on any atom is -0.362 e. The van der Waals surface area contributed by atoms with Crippen molar-refractivity contribution in [2.45, 2.75) is 26.1 Å². The molecule has 1 heterocycles. The summed E-state index contributed by atoms with van der Waals surface area (Å²) < 4.78 is 0. The van der Waals surface area contributed by atoms with Crippen molar-refractivity contribution in [3.63, 3.8) is 0 Å². The lowest BCUT2D eigenvalue weighted by Gasteiger charge is -2.20. The monoisotopic (exact) mass is 225 g/mol. The summed E-state index contributed by atoms with van der Waals surface area (Å²) in [6.45, 7) is 7.05. The molecule has 0 unspecified atom stereocenters. The molecule has 15 heavy (non-hydrogen) atoms. The van der Waals surface area contributed by atoms with Crippen molar-refractivity contribution in [2.24, 2.45) is 0 Å². The third-order valence-electron chi connectivity index (χ3n) is 2.06. The molecule has 2 N–H and O–H groups in total. The van der Waals surface area contributed by atoms with Gasteiger partial charge in [-0.1, -0.05) is 6.08 Å². The van der Waals surface area contributed by atoms with Gasteiger partial charge in [-0.05, 0) is 25.5 Å². The summed E-state index contributed by atoms with van der Waals surface area (Å²) in [5.74, 6) is -1.82. The van der Waals surface area contributed by atoms with E-state index in [0.29, 0.717) is 5.57 Å². The second-order valence-electron chi connectivity index (χ2n) is 3.43. The van der Waals surface area contributed by atoms with Gasteiger partial charge in [-0.3, -0.25) is 0 Å². The zero-order valence-corrected chi connectivity index (χ0v) is 9.71. The van der Waals surface area contributed by atoms with Crippen LogP contribution in [-0.4, -0.2) is 21.0 Å². The fourth-order valence-electron chi connectivity index (χ4n) is 1.15. The van der Waals surface area contributed by atoms with E-state index in [1.807, 2.05) is 12.3 Å². The van der Waals surface area contributed by atoms with Gasteiger partial charge >= 0.3 is 0 Å². The van der Waals surface area contributed by atoms with Crippen molar-refractivity contribution in [3.8, 4) is 0 Å². The molecule has 1 rings (SSSR count). The van der Waals surface area contributed by atoms with E-state index in [1.54, 1.807) is 13.0 Å². The van der Waals surface area contributed by atoms with Gasteiger partial charge in [0, 0.05) is 11.8 Å². The van der Waals surface area contributed by atoms with Gasteiger partial charge in [-0.15, -0.1) is 17.9 Å². The fourth-order valence-corrected chi connectivity index (χ4v) is 1.72. The molecule has 0 aliphatic heterocycles. The lowest BCUT2D eigenvalue weighted by molar-refractivity contribution is -0.123.